The van der Waals surface area contributed by atoms with E-state index in [2.05, 4.69) is 10.4 Å². The van der Waals surface area contributed by atoms with Crippen LogP contribution >= 0.6 is 11.6 Å². The Morgan fingerprint density at radius 1 is 1.14 bits per heavy atom. The van der Waals surface area contributed by atoms with Crippen LogP contribution in [0.2, 0.25) is 5.02 Å². The SMILES string of the molecule is CCCOc1c(F)c(F)c(CNC(=O)Cc2c(Cl)c(CC)nn2C)c(F)c1F. The van der Waals surface area contributed by atoms with Gasteiger partial charge in [0.25, 0.3) is 0 Å². The number of hydrogen-bond donors (Lipinski definition) is 1. The molecule has 1 N–H and O–H groups in total. The predicted octanol–water partition coefficient (Wildman–Crippen LogP) is 3.84. The van der Waals surface area contributed by atoms with Gasteiger partial charge in [-0.3, -0.25) is 9.48 Å². The second-order valence-corrected chi connectivity index (χ2v) is 6.43. The summed E-state index contributed by atoms with van der Waals surface area (Å²) in [6.45, 7) is 2.67. The van der Waals surface area contributed by atoms with Crippen molar-refractivity contribution in [3.8, 4) is 5.75 Å². The van der Waals surface area contributed by atoms with E-state index in [1.165, 1.54) is 4.68 Å². The van der Waals surface area contributed by atoms with Crippen LogP contribution in [0.4, 0.5) is 17.6 Å². The van der Waals surface area contributed by atoms with E-state index in [1.807, 2.05) is 6.92 Å². The van der Waals surface area contributed by atoms with Crippen LogP contribution in [0.1, 0.15) is 37.2 Å². The fourth-order valence-corrected chi connectivity index (χ4v) is 2.92. The van der Waals surface area contributed by atoms with Crippen LogP contribution in [-0.4, -0.2) is 22.3 Å². The standard InChI is InChI=1S/C18H20ClF4N3O2/c1-4-6-28-18-16(22)14(20)9(15(21)17(18)23)8-24-12(27)7-11-13(19)10(5-2)25-26(11)3/h4-8H2,1-3H3,(H,24,27). The van der Waals surface area contributed by atoms with Crippen molar-refractivity contribution in [1.82, 2.24) is 15.1 Å². The molecule has 0 aliphatic heterocycles. The summed E-state index contributed by atoms with van der Waals surface area (Å²) in [6, 6.07) is 0. The molecule has 1 amide bonds. The number of benzene rings is 1. The van der Waals surface area contributed by atoms with Gasteiger partial charge in [0.15, 0.2) is 17.4 Å². The summed E-state index contributed by atoms with van der Waals surface area (Å²) in [4.78, 5) is 12.1. The Balaban J connectivity index is 2.16. The molecule has 0 aliphatic carbocycles. The molecule has 2 rings (SSSR count). The third-order valence-corrected chi connectivity index (χ3v) is 4.49. The van der Waals surface area contributed by atoms with Crippen LogP contribution in [0, 0.1) is 23.3 Å². The molecule has 0 fully saturated rings. The summed E-state index contributed by atoms with van der Waals surface area (Å²) < 4.78 is 62.4. The van der Waals surface area contributed by atoms with Gasteiger partial charge in [0.2, 0.25) is 17.5 Å². The van der Waals surface area contributed by atoms with Crippen LogP contribution < -0.4 is 10.1 Å². The molecule has 28 heavy (non-hydrogen) atoms. The van der Waals surface area contributed by atoms with Gasteiger partial charge in [-0.1, -0.05) is 25.4 Å². The molecule has 10 heteroatoms. The Kier molecular flexibility index (Phi) is 7.29. The van der Waals surface area contributed by atoms with Crippen molar-refractivity contribution < 1.29 is 27.1 Å². The van der Waals surface area contributed by atoms with Crippen molar-refractivity contribution in [2.45, 2.75) is 39.7 Å². The molecule has 2 aromatic rings. The molecular weight excluding hydrogens is 402 g/mol. The third-order valence-electron chi connectivity index (χ3n) is 4.06. The number of aryl methyl sites for hydroxylation is 2. The zero-order valence-electron chi connectivity index (χ0n) is 15.6. The Morgan fingerprint density at radius 2 is 1.75 bits per heavy atom. The number of rotatable bonds is 8. The average Bonchev–Trinajstić information content (AvgIpc) is 2.94. The lowest BCUT2D eigenvalue weighted by atomic mass is 10.1. The van der Waals surface area contributed by atoms with E-state index in [9.17, 15) is 22.4 Å². The number of ether oxygens (including phenoxy) is 1. The van der Waals surface area contributed by atoms with Gasteiger partial charge in [0, 0.05) is 19.2 Å². The van der Waals surface area contributed by atoms with Crippen LogP contribution in [0.15, 0.2) is 0 Å². The normalized spacial score (nSPS) is 11.0. The van der Waals surface area contributed by atoms with Crippen LogP contribution in [0.25, 0.3) is 0 Å². The Bertz CT molecular complexity index is 857. The number of nitrogens with zero attached hydrogens (tertiary/aromatic N) is 2. The van der Waals surface area contributed by atoms with Gasteiger partial charge in [-0.25, -0.2) is 8.78 Å². The highest BCUT2D eigenvalue weighted by Gasteiger charge is 2.27. The summed E-state index contributed by atoms with van der Waals surface area (Å²) in [6.07, 6.45) is 0.750. The molecule has 1 aromatic heterocycles. The van der Waals surface area contributed by atoms with Gasteiger partial charge in [-0.15, -0.1) is 0 Å². The van der Waals surface area contributed by atoms with E-state index < -0.39 is 47.0 Å². The van der Waals surface area contributed by atoms with Gasteiger partial charge in [0.05, 0.1) is 29.4 Å². The Morgan fingerprint density at radius 3 is 2.25 bits per heavy atom. The van der Waals surface area contributed by atoms with Crippen molar-refractivity contribution in [1.29, 1.82) is 0 Å². The zero-order chi connectivity index (χ0) is 21.0. The highest BCUT2D eigenvalue weighted by atomic mass is 35.5. The summed E-state index contributed by atoms with van der Waals surface area (Å²) in [5.74, 6) is -8.26. The predicted molar refractivity (Wildman–Crippen MR) is 95.2 cm³/mol. The molecule has 0 spiro atoms. The fraction of sp³-hybridized carbons (Fsp3) is 0.444. The van der Waals surface area contributed by atoms with Gasteiger partial charge in [-0.05, 0) is 12.8 Å². The molecule has 5 nitrogen and oxygen atoms in total. The molecule has 1 aromatic carbocycles. The molecule has 0 aliphatic rings. The Labute approximate surface area is 164 Å². The van der Waals surface area contributed by atoms with E-state index in [-0.39, 0.29) is 13.0 Å². The number of halogens is 5. The average molecular weight is 422 g/mol. The maximum atomic E-state index is 14.1. The highest BCUT2D eigenvalue weighted by molar-refractivity contribution is 6.32. The van der Waals surface area contributed by atoms with E-state index >= 15 is 0 Å². The summed E-state index contributed by atoms with van der Waals surface area (Å²) in [5, 5.41) is 6.72. The van der Waals surface area contributed by atoms with Crippen molar-refractivity contribution >= 4 is 17.5 Å². The number of hydrogen-bond acceptors (Lipinski definition) is 3. The van der Waals surface area contributed by atoms with Crippen molar-refractivity contribution in [3.63, 3.8) is 0 Å². The number of carbonyl (C=O) groups is 1. The van der Waals surface area contributed by atoms with Crippen LogP contribution in [0.5, 0.6) is 5.75 Å². The number of amides is 1. The zero-order valence-corrected chi connectivity index (χ0v) is 16.4. The molecule has 0 radical (unpaired) electrons. The minimum absolute atomic E-state index is 0.103. The van der Waals surface area contributed by atoms with E-state index in [1.54, 1.807) is 14.0 Å². The summed E-state index contributed by atoms with van der Waals surface area (Å²) in [5.41, 5.74) is 0.0889. The topological polar surface area (TPSA) is 56.1 Å². The summed E-state index contributed by atoms with van der Waals surface area (Å²) in [7, 11) is 1.60. The molecule has 0 atom stereocenters. The molecule has 0 saturated heterocycles. The first kappa shape index (κ1) is 22.0. The van der Waals surface area contributed by atoms with E-state index in [0.717, 1.165) is 0 Å². The first-order chi connectivity index (χ1) is 13.2. The van der Waals surface area contributed by atoms with E-state index in [4.69, 9.17) is 16.3 Å². The second kappa shape index (κ2) is 9.27. The molecule has 0 saturated carbocycles. The lowest BCUT2D eigenvalue weighted by molar-refractivity contribution is -0.120. The van der Waals surface area contributed by atoms with Gasteiger partial charge >= 0.3 is 0 Å². The van der Waals surface area contributed by atoms with Crippen LogP contribution in [-0.2, 0) is 31.2 Å². The van der Waals surface area contributed by atoms with Gasteiger partial charge < -0.3 is 10.1 Å². The first-order valence-corrected chi connectivity index (χ1v) is 9.05. The number of carbonyl (C=O) groups excluding carboxylic acids is 1. The minimum Gasteiger partial charge on any atom is -0.487 e. The second-order valence-electron chi connectivity index (χ2n) is 6.05. The maximum Gasteiger partial charge on any atom is 0.226 e. The Hall–Kier alpha value is -2.29. The molecule has 154 valence electrons. The van der Waals surface area contributed by atoms with Gasteiger partial charge in [0.1, 0.15) is 0 Å². The summed E-state index contributed by atoms with van der Waals surface area (Å²) >= 11 is 6.15. The molecule has 0 unspecified atom stereocenters. The van der Waals surface area contributed by atoms with E-state index in [0.29, 0.717) is 29.3 Å². The lowest BCUT2D eigenvalue weighted by Crippen LogP contribution is -2.27. The highest BCUT2D eigenvalue weighted by Crippen LogP contribution is 2.30. The largest absolute Gasteiger partial charge is 0.487 e. The third kappa shape index (κ3) is 4.40. The maximum absolute atomic E-state index is 14.1. The molecular formula is C18H20ClF4N3O2. The van der Waals surface area contributed by atoms with Crippen molar-refractivity contribution in [2.24, 2.45) is 7.05 Å². The lowest BCUT2D eigenvalue weighted by Gasteiger charge is -2.13. The minimum atomic E-state index is -1.64. The molecule has 0 bridgehead atoms. The first-order valence-electron chi connectivity index (χ1n) is 8.67. The molecule has 1 heterocycles. The van der Waals surface area contributed by atoms with Crippen LogP contribution in [0.3, 0.4) is 0 Å². The quantitative estimate of drug-likeness (QED) is 0.520. The number of aromatic nitrogens is 2. The fourth-order valence-electron chi connectivity index (χ4n) is 2.56. The van der Waals surface area contributed by atoms with Crippen molar-refractivity contribution in [2.75, 3.05) is 6.61 Å². The number of nitrogens with one attached hydrogen (secondary N) is 1. The monoisotopic (exact) mass is 421 g/mol. The van der Waals surface area contributed by atoms with Gasteiger partial charge in [-0.2, -0.15) is 13.9 Å². The smallest absolute Gasteiger partial charge is 0.226 e. The van der Waals surface area contributed by atoms with Crippen molar-refractivity contribution in [3.05, 3.63) is 45.2 Å².